The van der Waals surface area contributed by atoms with Gasteiger partial charge in [-0.05, 0) is 29.8 Å². The molecule has 106 valence electrons. The number of benzene rings is 2. The first kappa shape index (κ1) is 15.5. The predicted molar refractivity (Wildman–Crippen MR) is 84.8 cm³/mol. The van der Waals surface area contributed by atoms with Crippen LogP contribution in [0.25, 0.3) is 0 Å². The summed E-state index contributed by atoms with van der Waals surface area (Å²) in [5, 5.41) is 0.506. The van der Waals surface area contributed by atoms with Gasteiger partial charge in [-0.3, -0.25) is 0 Å². The van der Waals surface area contributed by atoms with E-state index >= 15 is 0 Å². The van der Waals surface area contributed by atoms with Gasteiger partial charge < -0.3 is 0 Å². The summed E-state index contributed by atoms with van der Waals surface area (Å²) in [6, 6.07) is 15.7. The minimum Gasteiger partial charge on any atom is -0.210 e. The van der Waals surface area contributed by atoms with Gasteiger partial charge in [-0.1, -0.05) is 57.9 Å². The molecule has 20 heavy (non-hydrogen) atoms. The average molecular weight is 375 g/mol. The zero-order valence-electron chi connectivity index (χ0n) is 10.5. The number of nitrogens with one attached hydrogen (secondary N) is 1. The molecule has 2 aromatic rings. The standard InChI is InChI=1S/C14H13BrClNO2S/c15-14(11-4-2-1-3-5-11)10-17-20(18,19)13-8-6-12(16)7-9-13/h1-9,14,17H,10H2. The summed E-state index contributed by atoms with van der Waals surface area (Å²) < 4.78 is 26.8. The molecule has 0 saturated carbocycles. The van der Waals surface area contributed by atoms with E-state index in [9.17, 15) is 8.42 Å². The summed E-state index contributed by atoms with van der Waals surface area (Å²) in [7, 11) is -3.52. The summed E-state index contributed by atoms with van der Waals surface area (Å²) in [6.45, 7) is 0.273. The van der Waals surface area contributed by atoms with Crippen molar-refractivity contribution in [2.45, 2.75) is 9.72 Å². The van der Waals surface area contributed by atoms with Crippen LogP contribution in [0, 0.1) is 0 Å². The van der Waals surface area contributed by atoms with Crippen molar-refractivity contribution >= 4 is 37.6 Å². The second-order valence-corrected chi connectivity index (χ2v) is 7.49. The van der Waals surface area contributed by atoms with Gasteiger partial charge in [0.05, 0.1) is 9.72 Å². The van der Waals surface area contributed by atoms with E-state index in [0.717, 1.165) is 5.56 Å². The van der Waals surface area contributed by atoms with E-state index in [1.807, 2.05) is 30.3 Å². The molecule has 0 radical (unpaired) electrons. The van der Waals surface area contributed by atoms with E-state index in [1.54, 1.807) is 12.1 Å². The van der Waals surface area contributed by atoms with Crippen LogP contribution < -0.4 is 4.72 Å². The van der Waals surface area contributed by atoms with Crippen LogP contribution in [-0.4, -0.2) is 15.0 Å². The minimum atomic E-state index is -3.52. The Morgan fingerprint density at radius 1 is 1.05 bits per heavy atom. The zero-order valence-corrected chi connectivity index (χ0v) is 13.6. The van der Waals surface area contributed by atoms with E-state index < -0.39 is 10.0 Å². The molecule has 6 heteroatoms. The zero-order chi connectivity index (χ0) is 14.6. The third kappa shape index (κ3) is 4.06. The van der Waals surface area contributed by atoms with Crippen LogP contribution in [0.4, 0.5) is 0 Å². The summed E-state index contributed by atoms with van der Waals surface area (Å²) in [5.74, 6) is 0. The van der Waals surface area contributed by atoms with Gasteiger partial charge in [0.15, 0.2) is 0 Å². The molecule has 3 nitrogen and oxygen atoms in total. The van der Waals surface area contributed by atoms with Gasteiger partial charge >= 0.3 is 0 Å². The highest BCUT2D eigenvalue weighted by Gasteiger charge is 2.16. The molecule has 0 spiro atoms. The van der Waals surface area contributed by atoms with Gasteiger partial charge in [0, 0.05) is 11.6 Å². The van der Waals surface area contributed by atoms with Crippen molar-refractivity contribution in [1.82, 2.24) is 4.72 Å². The van der Waals surface area contributed by atoms with Crippen molar-refractivity contribution in [3.05, 3.63) is 65.2 Å². The third-order valence-corrected chi connectivity index (χ3v) is 5.28. The van der Waals surface area contributed by atoms with Crippen molar-refractivity contribution in [3.63, 3.8) is 0 Å². The lowest BCUT2D eigenvalue weighted by atomic mass is 10.2. The smallest absolute Gasteiger partial charge is 0.210 e. The SMILES string of the molecule is O=S(=O)(NCC(Br)c1ccccc1)c1ccc(Cl)cc1. The van der Waals surface area contributed by atoms with Crippen LogP contribution in [-0.2, 0) is 10.0 Å². The normalized spacial score (nSPS) is 13.1. The number of hydrogen-bond acceptors (Lipinski definition) is 2. The number of hydrogen-bond donors (Lipinski definition) is 1. The Hall–Kier alpha value is -0.880. The molecule has 0 amide bonds. The fraction of sp³-hybridized carbons (Fsp3) is 0.143. The van der Waals surface area contributed by atoms with E-state index in [1.165, 1.54) is 12.1 Å². The molecule has 0 aromatic heterocycles. The van der Waals surface area contributed by atoms with Gasteiger partial charge in [-0.15, -0.1) is 0 Å². The van der Waals surface area contributed by atoms with Crippen LogP contribution >= 0.6 is 27.5 Å². The Balaban J connectivity index is 2.04. The molecule has 0 aliphatic carbocycles. The van der Waals surface area contributed by atoms with Gasteiger partial charge in [0.25, 0.3) is 0 Å². The number of halogens is 2. The maximum atomic E-state index is 12.1. The second-order valence-electron chi connectivity index (χ2n) is 4.18. The number of sulfonamides is 1. The molecule has 0 saturated heterocycles. The van der Waals surface area contributed by atoms with Crippen molar-refractivity contribution in [2.24, 2.45) is 0 Å². The third-order valence-electron chi connectivity index (χ3n) is 2.74. The van der Waals surface area contributed by atoms with Crippen LogP contribution in [0.15, 0.2) is 59.5 Å². The molecule has 2 aromatic carbocycles. The Bertz CT molecular complexity index is 659. The Kier molecular flexibility index (Phi) is 5.21. The number of rotatable bonds is 5. The van der Waals surface area contributed by atoms with Crippen molar-refractivity contribution < 1.29 is 8.42 Å². The molecule has 2 rings (SSSR count). The summed E-state index contributed by atoms with van der Waals surface area (Å²) in [4.78, 5) is 0.125. The lowest BCUT2D eigenvalue weighted by molar-refractivity contribution is 0.581. The summed E-state index contributed by atoms with van der Waals surface area (Å²) >= 11 is 9.22. The maximum absolute atomic E-state index is 12.1. The molecule has 0 fully saturated rings. The molecule has 0 aliphatic heterocycles. The first-order valence-corrected chi connectivity index (χ1v) is 8.71. The largest absolute Gasteiger partial charge is 0.240 e. The van der Waals surface area contributed by atoms with Crippen molar-refractivity contribution in [2.75, 3.05) is 6.54 Å². The Labute approximate surface area is 132 Å². The summed E-state index contributed by atoms with van der Waals surface area (Å²) in [6.07, 6.45) is 0. The highest BCUT2D eigenvalue weighted by Crippen LogP contribution is 2.22. The van der Waals surface area contributed by atoms with Gasteiger partial charge in [0.1, 0.15) is 0 Å². The van der Waals surface area contributed by atoms with Crippen LogP contribution in [0.3, 0.4) is 0 Å². The van der Waals surface area contributed by atoms with E-state index in [-0.39, 0.29) is 16.3 Å². The fourth-order valence-electron chi connectivity index (χ4n) is 1.66. The highest BCUT2D eigenvalue weighted by atomic mass is 79.9. The topological polar surface area (TPSA) is 46.2 Å². The van der Waals surface area contributed by atoms with E-state index in [0.29, 0.717) is 5.02 Å². The highest BCUT2D eigenvalue weighted by molar-refractivity contribution is 9.09. The van der Waals surface area contributed by atoms with Crippen LogP contribution in [0.1, 0.15) is 10.4 Å². The average Bonchev–Trinajstić information content (AvgIpc) is 2.46. The molecule has 1 atom stereocenters. The van der Waals surface area contributed by atoms with Gasteiger partial charge in [0.2, 0.25) is 10.0 Å². The molecule has 0 heterocycles. The minimum absolute atomic E-state index is 0.0780. The first-order chi connectivity index (χ1) is 9.49. The Morgan fingerprint density at radius 3 is 2.25 bits per heavy atom. The van der Waals surface area contributed by atoms with Crippen LogP contribution in [0.2, 0.25) is 5.02 Å². The number of alkyl halides is 1. The predicted octanol–water partition coefficient (Wildman–Crippen LogP) is 3.75. The molecule has 0 aliphatic rings. The molecule has 1 unspecified atom stereocenters. The van der Waals surface area contributed by atoms with Crippen molar-refractivity contribution in [3.8, 4) is 0 Å². The monoisotopic (exact) mass is 373 g/mol. The van der Waals surface area contributed by atoms with Gasteiger partial charge in [-0.25, -0.2) is 13.1 Å². The second kappa shape index (κ2) is 6.72. The summed E-state index contributed by atoms with van der Waals surface area (Å²) in [5.41, 5.74) is 1.02. The van der Waals surface area contributed by atoms with Crippen molar-refractivity contribution in [1.29, 1.82) is 0 Å². The lowest BCUT2D eigenvalue weighted by Gasteiger charge is -2.12. The molecule has 0 bridgehead atoms. The van der Waals surface area contributed by atoms with Gasteiger partial charge in [-0.2, -0.15) is 0 Å². The molecular weight excluding hydrogens is 362 g/mol. The fourth-order valence-corrected chi connectivity index (χ4v) is 3.51. The molecular formula is C14H13BrClNO2S. The van der Waals surface area contributed by atoms with Crippen LogP contribution in [0.5, 0.6) is 0 Å². The van der Waals surface area contributed by atoms with E-state index in [2.05, 4.69) is 20.7 Å². The lowest BCUT2D eigenvalue weighted by Crippen LogP contribution is -2.26. The molecule has 1 N–H and O–H groups in total. The Morgan fingerprint density at radius 2 is 1.65 bits per heavy atom. The maximum Gasteiger partial charge on any atom is 0.240 e. The first-order valence-electron chi connectivity index (χ1n) is 5.93. The van der Waals surface area contributed by atoms with E-state index in [4.69, 9.17) is 11.6 Å². The quantitative estimate of drug-likeness (QED) is 0.810.